The van der Waals surface area contributed by atoms with Crippen LogP contribution in [0.3, 0.4) is 0 Å². The Morgan fingerprint density at radius 3 is 2.79 bits per heavy atom. The van der Waals surface area contributed by atoms with Crippen LogP contribution in [-0.4, -0.2) is 42.4 Å². The van der Waals surface area contributed by atoms with Crippen molar-refractivity contribution in [2.24, 2.45) is 0 Å². The third kappa shape index (κ3) is 4.57. The van der Waals surface area contributed by atoms with Crippen LogP contribution in [0.2, 0.25) is 0 Å². The second kappa shape index (κ2) is 8.47. The Bertz CT molecular complexity index is 615. The van der Waals surface area contributed by atoms with E-state index in [9.17, 15) is 14.4 Å². The van der Waals surface area contributed by atoms with Crippen LogP contribution < -0.4 is 5.32 Å². The summed E-state index contributed by atoms with van der Waals surface area (Å²) in [5.74, 6) is -0.601. The van der Waals surface area contributed by atoms with Gasteiger partial charge in [-0.2, -0.15) is 0 Å². The van der Waals surface area contributed by atoms with E-state index in [1.165, 1.54) is 7.11 Å². The number of likely N-dealkylation sites (tertiary alicyclic amines) is 1. The van der Waals surface area contributed by atoms with E-state index in [0.717, 1.165) is 24.9 Å². The number of amides is 2. The molecular formula is C18H24N2O4. The van der Waals surface area contributed by atoms with Crippen LogP contribution in [0.25, 0.3) is 0 Å². The summed E-state index contributed by atoms with van der Waals surface area (Å²) in [4.78, 5) is 37.6. The average Bonchev–Trinajstić information content (AvgIpc) is 2.98. The fourth-order valence-corrected chi connectivity index (χ4v) is 2.82. The number of ether oxygens (including phenoxy) is 1. The number of carbonyl (C=O) groups is 3. The van der Waals surface area contributed by atoms with Gasteiger partial charge < -0.3 is 15.0 Å². The molecule has 0 radical (unpaired) electrons. The van der Waals surface area contributed by atoms with Crippen molar-refractivity contribution in [3.05, 3.63) is 35.4 Å². The third-order valence-corrected chi connectivity index (χ3v) is 4.10. The quantitative estimate of drug-likeness (QED) is 0.774. The van der Waals surface area contributed by atoms with Gasteiger partial charge in [-0.25, -0.2) is 4.79 Å². The van der Waals surface area contributed by atoms with Gasteiger partial charge in [0.15, 0.2) is 0 Å². The Balaban J connectivity index is 2.05. The molecule has 1 fully saturated rings. The number of hydrogen-bond donors (Lipinski definition) is 1. The molecule has 1 unspecified atom stereocenters. The van der Waals surface area contributed by atoms with E-state index in [1.54, 1.807) is 23.1 Å². The summed E-state index contributed by atoms with van der Waals surface area (Å²) < 4.78 is 4.73. The molecule has 2 rings (SSSR count). The smallest absolute Gasteiger partial charge is 0.328 e. The summed E-state index contributed by atoms with van der Waals surface area (Å²) in [6, 6.07) is 6.51. The van der Waals surface area contributed by atoms with Gasteiger partial charge in [-0.1, -0.05) is 25.5 Å². The first-order valence-electron chi connectivity index (χ1n) is 8.30. The van der Waals surface area contributed by atoms with E-state index >= 15 is 0 Å². The highest BCUT2D eigenvalue weighted by molar-refractivity contribution is 5.96. The van der Waals surface area contributed by atoms with Gasteiger partial charge in [0, 0.05) is 25.1 Å². The van der Waals surface area contributed by atoms with E-state index in [1.807, 2.05) is 13.0 Å². The normalized spacial score (nSPS) is 15.2. The van der Waals surface area contributed by atoms with Gasteiger partial charge >= 0.3 is 5.97 Å². The van der Waals surface area contributed by atoms with E-state index in [-0.39, 0.29) is 11.8 Å². The van der Waals surface area contributed by atoms with Gasteiger partial charge in [-0.05, 0) is 30.5 Å². The first kappa shape index (κ1) is 18.0. The van der Waals surface area contributed by atoms with Crippen molar-refractivity contribution >= 4 is 17.8 Å². The van der Waals surface area contributed by atoms with Crippen molar-refractivity contribution < 1.29 is 19.1 Å². The maximum atomic E-state index is 12.4. The molecule has 0 saturated carbocycles. The monoisotopic (exact) mass is 332 g/mol. The van der Waals surface area contributed by atoms with Crippen LogP contribution in [0.5, 0.6) is 0 Å². The Morgan fingerprint density at radius 2 is 2.17 bits per heavy atom. The lowest BCUT2D eigenvalue weighted by Crippen LogP contribution is -2.41. The maximum absolute atomic E-state index is 12.4. The van der Waals surface area contributed by atoms with Crippen molar-refractivity contribution in [1.29, 1.82) is 0 Å². The molecule has 1 aliphatic heterocycles. The van der Waals surface area contributed by atoms with Crippen LogP contribution in [0.4, 0.5) is 0 Å². The minimum absolute atomic E-state index is 0.151. The molecule has 1 saturated heterocycles. The Kier molecular flexibility index (Phi) is 6.35. The number of rotatable bonds is 7. The highest BCUT2D eigenvalue weighted by atomic mass is 16.5. The maximum Gasteiger partial charge on any atom is 0.328 e. The number of esters is 1. The minimum atomic E-state index is -0.642. The zero-order chi connectivity index (χ0) is 17.5. The number of nitrogens with one attached hydrogen (secondary N) is 1. The van der Waals surface area contributed by atoms with Crippen LogP contribution >= 0.6 is 0 Å². The van der Waals surface area contributed by atoms with Gasteiger partial charge in [0.05, 0.1) is 7.11 Å². The van der Waals surface area contributed by atoms with Crippen LogP contribution in [0.1, 0.15) is 48.5 Å². The predicted octanol–water partition coefficient (Wildman–Crippen LogP) is 1.88. The van der Waals surface area contributed by atoms with Gasteiger partial charge in [0.1, 0.15) is 6.04 Å². The molecule has 1 aromatic rings. The van der Waals surface area contributed by atoms with Gasteiger partial charge in [0.25, 0.3) is 5.91 Å². The lowest BCUT2D eigenvalue weighted by atomic mass is 10.1. The number of nitrogens with zero attached hydrogens (tertiary/aromatic N) is 1. The number of methoxy groups -OCH3 is 1. The van der Waals surface area contributed by atoms with Crippen molar-refractivity contribution in [2.75, 3.05) is 13.7 Å². The molecule has 1 heterocycles. The second-order valence-electron chi connectivity index (χ2n) is 5.96. The zero-order valence-corrected chi connectivity index (χ0v) is 14.2. The van der Waals surface area contributed by atoms with Crippen molar-refractivity contribution in [3.63, 3.8) is 0 Å². The lowest BCUT2D eigenvalue weighted by molar-refractivity contribution is -0.143. The molecule has 0 spiro atoms. The summed E-state index contributed by atoms with van der Waals surface area (Å²) >= 11 is 0. The molecule has 0 bridgehead atoms. The van der Waals surface area contributed by atoms with Gasteiger partial charge in [0.2, 0.25) is 5.91 Å². The van der Waals surface area contributed by atoms with E-state index in [0.29, 0.717) is 24.9 Å². The van der Waals surface area contributed by atoms with E-state index in [2.05, 4.69) is 5.32 Å². The van der Waals surface area contributed by atoms with E-state index < -0.39 is 12.0 Å². The molecule has 24 heavy (non-hydrogen) atoms. The second-order valence-corrected chi connectivity index (χ2v) is 5.96. The average molecular weight is 332 g/mol. The van der Waals surface area contributed by atoms with Crippen LogP contribution in [0.15, 0.2) is 24.3 Å². The van der Waals surface area contributed by atoms with Crippen molar-refractivity contribution in [3.8, 4) is 0 Å². The molecule has 2 amide bonds. The first-order chi connectivity index (χ1) is 11.5. The van der Waals surface area contributed by atoms with Gasteiger partial charge in [-0.15, -0.1) is 0 Å². The zero-order valence-electron chi connectivity index (χ0n) is 14.2. The molecule has 130 valence electrons. The molecule has 1 N–H and O–H groups in total. The van der Waals surface area contributed by atoms with E-state index in [4.69, 9.17) is 4.74 Å². The number of hydrogen-bond acceptors (Lipinski definition) is 4. The molecule has 1 aromatic carbocycles. The minimum Gasteiger partial charge on any atom is -0.467 e. The summed E-state index contributed by atoms with van der Waals surface area (Å²) in [6.45, 7) is 3.21. The number of carbonyl (C=O) groups excluding carboxylic acids is 3. The highest BCUT2D eigenvalue weighted by Gasteiger charge is 2.22. The summed E-state index contributed by atoms with van der Waals surface area (Å²) in [5, 5.41) is 2.72. The fourth-order valence-electron chi connectivity index (χ4n) is 2.82. The summed E-state index contributed by atoms with van der Waals surface area (Å²) in [5.41, 5.74) is 1.38. The molecule has 6 heteroatoms. The van der Waals surface area contributed by atoms with Crippen LogP contribution in [0, 0.1) is 0 Å². The highest BCUT2D eigenvalue weighted by Crippen LogP contribution is 2.15. The van der Waals surface area contributed by atoms with Crippen molar-refractivity contribution in [1.82, 2.24) is 10.2 Å². The standard InChI is InChI=1S/C18H24N2O4/c1-3-6-15(18(23)24-2)19-17(22)14-8-4-7-13(11-14)12-20-10-5-9-16(20)21/h4,7-8,11,15H,3,5-6,9-10,12H2,1-2H3,(H,19,22). The lowest BCUT2D eigenvalue weighted by Gasteiger charge is -2.17. The fraction of sp³-hybridized carbons (Fsp3) is 0.500. The summed E-state index contributed by atoms with van der Waals surface area (Å²) in [6.07, 6.45) is 2.77. The Labute approximate surface area is 142 Å². The van der Waals surface area contributed by atoms with Crippen molar-refractivity contribution in [2.45, 2.75) is 45.2 Å². The third-order valence-electron chi connectivity index (χ3n) is 4.10. The number of benzene rings is 1. The molecule has 6 nitrogen and oxygen atoms in total. The molecular weight excluding hydrogens is 308 g/mol. The Hall–Kier alpha value is -2.37. The largest absolute Gasteiger partial charge is 0.467 e. The molecule has 0 aromatic heterocycles. The Morgan fingerprint density at radius 1 is 1.38 bits per heavy atom. The predicted molar refractivity (Wildman–Crippen MR) is 89.3 cm³/mol. The molecule has 1 atom stereocenters. The first-order valence-corrected chi connectivity index (χ1v) is 8.30. The topological polar surface area (TPSA) is 75.7 Å². The van der Waals surface area contributed by atoms with Crippen LogP contribution in [-0.2, 0) is 20.9 Å². The molecule has 1 aliphatic rings. The molecule has 0 aliphatic carbocycles. The summed E-state index contributed by atoms with van der Waals surface area (Å²) in [7, 11) is 1.31. The van der Waals surface area contributed by atoms with Gasteiger partial charge in [-0.3, -0.25) is 9.59 Å². The SMILES string of the molecule is CCCC(NC(=O)c1cccc(CN2CCCC2=O)c1)C(=O)OC.